The Hall–Kier alpha value is -1.92. The summed E-state index contributed by atoms with van der Waals surface area (Å²) in [6, 6.07) is 17.5. The Morgan fingerprint density at radius 2 is 1.90 bits per heavy atom. The molecular formula is C17H12BrNO. The van der Waals surface area contributed by atoms with Gasteiger partial charge in [-0.25, -0.2) is 0 Å². The molecule has 3 rings (SSSR count). The summed E-state index contributed by atoms with van der Waals surface area (Å²) in [7, 11) is 0. The molecule has 0 aromatic heterocycles. The number of carbonyl (C=O) groups is 1. The van der Waals surface area contributed by atoms with Gasteiger partial charge >= 0.3 is 0 Å². The molecule has 0 heterocycles. The summed E-state index contributed by atoms with van der Waals surface area (Å²) in [5, 5.41) is 9.40. The van der Waals surface area contributed by atoms with Gasteiger partial charge in [-0.3, -0.25) is 4.79 Å². The summed E-state index contributed by atoms with van der Waals surface area (Å²) in [6.45, 7) is 0. The first-order valence-electron chi connectivity index (χ1n) is 6.48. The average molecular weight is 326 g/mol. The number of ketones is 1. The van der Waals surface area contributed by atoms with Crippen LogP contribution >= 0.6 is 15.9 Å². The fraction of sp³-hybridized carbons (Fsp3) is 0.176. The van der Waals surface area contributed by atoms with Crippen LogP contribution in [0.3, 0.4) is 0 Å². The zero-order valence-electron chi connectivity index (χ0n) is 10.7. The minimum absolute atomic E-state index is 0.00176. The van der Waals surface area contributed by atoms with Gasteiger partial charge in [-0.1, -0.05) is 58.4 Å². The number of hydrogen-bond donors (Lipinski definition) is 0. The molecule has 0 aliphatic heterocycles. The predicted octanol–water partition coefficient (Wildman–Crippen LogP) is 3.97. The lowest BCUT2D eigenvalue weighted by Gasteiger charge is -2.30. The van der Waals surface area contributed by atoms with E-state index in [1.807, 2.05) is 48.5 Å². The molecule has 2 aromatic rings. The van der Waals surface area contributed by atoms with E-state index in [2.05, 4.69) is 22.0 Å². The van der Waals surface area contributed by atoms with Gasteiger partial charge < -0.3 is 0 Å². The fourth-order valence-corrected chi connectivity index (χ4v) is 3.22. The van der Waals surface area contributed by atoms with E-state index in [1.165, 1.54) is 5.56 Å². The monoisotopic (exact) mass is 325 g/mol. The summed E-state index contributed by atoms with van der Waals surface area (Å²) in [5.74, 6) is -0.843. The zero-order valence-corrected chi connectivity index (χ0v) is 12.3. The van der Waals surface area contributed by atoms with E-state index in [0.717, 1.165) is 22.0 Å². The van der Waals surface area contributed by atoms with Gasteiger partial charge in [0.15, 0.2) is 5.78 Å². The highest BCUT2D eigenvalue weighted by Gasteiger charge is 2.36. The van der Waals surface area contributed by atoms with Crippen molar-refractivity contribution in [1.29, 1.82) is 5.26 Å². The SMILES string of the molecule is N#CC(C(=O)C1Cc2ccccc21)c1ccccc1Br. The van der Waals surface area contributed by atoms with E-state index >= 15 is 0 Å². The number of nitriles is 1. The van der Waals surface area contributed by atoms with Gasteiger partial charge in [0, 0.05) is 10.4 Å². The summed E-state index contributed by atoms with van der Waals surface area (Å²) >= 11 is 3.42. The van der Waals surface area contributed by atoms with Gasteiger partial charge in [-0.05, 0) is 29.2 Å². The number of benzene rings is 2. The second kappa shape index (κ2) is 5.22. The van der Waals surface area contributed by atoms with Crippen molar-refractivity contribution < 1.29 is 4.79 Å². The molecule has 3 heteroatoms. The van der Waals surface area contributed by atoms with Crippen molar-refractivity contribution in [3.8, 4) is 6.07 Å². The van der Waals surface area contributed by atoms with E-state index in [9.17, 15) is 10.1 Å². The Kier molecular flexibility index (Phi) is 3.42. The third-order valence-electron chi connectivity index (χ3n) is 3.83. The van der Waals surface area contributed by atoms with Crippen molar-refractivity contribution in [2.75, 3.05) is 0 Å². The molecule has 1 aliphatic carbocycles. The van der Waals surface area contributed by atoms with Crippen molar-refractivity contribution in [3.05, 3.63) is 69.7 Å². The number of carbonyl (C=O) groups excluding carboxylic acids is 1. The molecule has 2 atom stereocenters. The quantitative estimate of drug-likeness (QED) is 0.856. The minimum Gasteiger partial charge on any atom is -0.297 e. The van der Waals surface area contributed by atoms with E-state index < -0.39 is 5.92 Å². The van der Waals surface area contributed by atoms with Crippen molar-refractivity contribution in [2.24, 2.45) is 0 Å². The van der Waals surface area contributed by atoms with Gasteiger partial charge in [0.1, 0.15) is 5.92 Å². The molecular weight excluding hydrogens is 314 g/mol. The molecule has 0 saturated heterocycles. The van der Waals surface area contributed by atoms with Crippen molar-refractivity contribution in [1.82, 2.24) is 0 Å². The largest absolute Gasteiger partial charge is 0.297 e. The first-order chi connectivity index (χ1) is 9.72. The molecule has 0 spiro atoms. The van der Waals surface area contributed by atoms with Crippen molar-refractivity contribution >= 4 is 21.7 Å². The Bertz CT molecular complexity index is 717. The molecule has 0 N–H and O–H groups in total. The standard InChI is InChI=1S/C17H12BrNO/c18-16-8-4-3-7-13(16)15(10-19)17(20)14-9-11-5-1-2-6-12(11)14/h1-8,14-15H,9H2. The molecule has 20 heavy (non-hydrogen) atoms. The lowest BCUT2D eigenvalue weighted by Crippen LogP contribution is -2.29. The maximum Gasteiger partial charge on any atom is 0.162 e. The Labute approximate surface area is 126 Å². The minimum atomic E-state index is -0.705. The van der Waals surface area contributed by atoms with Crippen LogP contribution in [0.25, 0.3) is 0 Å². The molecule has 0 fully saturated rings. The summed E-state index contributed by atoms with van der Waals surface area (Å²) < 4.78 is 0.813. The van der Waals surface area contributed by atoms with Crippen LogP contribution in [0.5, 0.6) is 0 Å². The summed E-state index contributed by atoms with van der Waals surface area (Å²) in [5.41, 5.74) is 3.05. The highest BCUT2D eigenvalue weighted by molar-refractivity contribution is 9.10. The number of Topliss-reactive ketones (excluding diaryl/α,β-unsaturated/α-hetero) is 1. The molecule has 0 bridgehead atoms. The van der Waals surface area contributed by atoms with E-state index in [1.54, 1.807) is 0 Å². The van der Waals surface area contributed by atoms with Crippen LogP contribution in [0.2, 0.25) is 0 Å². The van der Waals surface area contributed by atoms with Crippen LogP contribution in [0, 0.1) is 11.3 Å². The lowest BCUT2D eigenvalue weighted by atomic mass is 9.71. The molecule has 0 amide bonds. The summed E-state index contributed by atoms with van der Waals surface area (Å²) in [6.07, 6.45) is 0.748. The van der Waals surface area contributed by atoms with Gasteiger partial charge in [-0.2, -0.15) is 5.26 Å². The van der Waals surface area contributed by atoms with Crippen LogP contribution < -0.4 is 0 Å². The van der Waals surface area contributed by atoms with Gasteiger partial charge in [0.25, 0.3) is 0 Å². The topological polar surface area (TPSA) is 40.9 Å². The van der Waals surface area contributed by atoms with Crippen LogP contribution in [-0.4, -0.2) is 5.78 Å². The maximum atomic E-state index is 12.6. The Balaban J connectivity index is 1.91. The molecule has 1 aliphatic rings. The number of halogens is 1. The van der Waals surface area contributed by atoms with Gasteiger partial charge in [0.2, 0.25) is 0 Å². The number of rotatable bonds is 3. The van der Waals surface area contributed by atoms with Crippen LogP contribution in [0.4, 0.5) is 0 Å². The normalized spacial score (nSPS) is 17.5. The van der Waals surface area contributed by atoms with E-state index in [0.29, 0.717) is 0 Å². The Morgan fingerprint density at radius 1 is 1.20 bits per heavy atom. The highest BCUT2D eigenvalue weighted by Crippen LogP contribution is 2.39. The predicted molar refractivity (Wildman–Crippen MR) is 80.4 cm³/mol. The second-order valence-electron chi connectivity index (χ2n) is 4.94. The van der Waals surface area contributed by atoms with Crippen molar-refractivity contribution in [2.45, 2.75) is 18.3 Å². The van der Waals surface area contributed by atoms with Crippen LogP contribution in [0.15, 0.2) is 53.0 Å². The molecule has 2 aromatic carbocycles. The smallest absolute Gasteiger partial charge is 0.162 e. The Morgan fingerprint density at radius 3 is 2.60 bits per heavy atom. The van der Waals surface area contributed by atoms with E-state index in [4.69, 9.17) is 0 Å². The third-order valence-corrected chi connectivity index (χ3v) is 4.55. The second-order valence-corrected chi connectivity index (χ2v) is 5.80. The molecule has 2 unspecified atom stereocenters. The maximum absolute atomic E-state index is 12.6. The van der Waals surface area contributed by atoms with Crippen LogP contribution in [-0.2, 0) is 11.2 Å². The first kappa shape index (κ1) is 13.1. The fourth-order valence-electron chi connectivity index (χ4n) is 2.71. The van der Waals surface area contributed by atoms with Crippen molar-refractivity contribution in [3.63, 3.8) is 0 Å². The lowest BCUT2D eigenvalue weighted by molar-refractivity contribution is -0.121. The third kappa shape index (κ3) is 2.07. The molecule has 98 valence electrons. The average Bonchev–Trinajstić information content (AvgIpc) is 2.43. The van der Waals surface area contributed by atoms with Gasteiger partial charge in [0.05, 0.1) is 6.07 Å². The first-order valence-corrected chi connectivity index (χ1v) is 7.27. The number of hydrogen-bond acceptors (Lipinski definition) is 2. The summed E-state index contributed by atoms with van der Waals surface area (Å²) in [4.78, 5) is 12.6. The zero-order chi connectivity index (χ0) is 14.1. The van der Waals surface area contributed by atoms with E-state index in [-0.39, 0.29) is 11.7 Å². The number of fused-ring (bicyclic) bond motifs is 1. The van der Waals surface area contributed by atoms with Crippen LogP contribution in [0.1, 0.15) is 28.5 Å². The molecule has 2 nitrogen and oxygen atoms in total. The molecule has 0 radical (unpaired) electrons. The highest BCUT2D eigenvalue weighted by atomic mass is 79.9. The van der Waals surface area contributed by atoms with Gasteiger partial charge in [-0.15, -0.1) is 0 Å². The number of nitrogens with zero attached hydrogens (tertiary/aromatic N) is 1. The molecule has 0 saturated carbocycles.